The Morgan fingerprint density at radius 3 is 2.40 bits per heavy atom. The third-order valence-corrected chi connectivity index (χ3v) is 4.71. The van der Waals surface area contributed by atoms with Gasteiger partial charge in [0.05, 0.1) is 0 Å². The lowest BCUT2D eigenvalue weighted by Gasteiger charge is -2.36. The van der Waals surface area contributed by atoms with Gasteiger partial charge in [0, 0.05) is 28.4 Å². The fourth-order valence-corrected chi connectivity index (χ4v) is 3.33. The Hall–Kier alpha value is -2.35. The molecule has 0 saturated heterocycles. The van der Waals surface area contributed by atoms with Gasteiger partial charge in [0.1, 0.15) is 0 Å². The number of hydrogen-bond acceptors (Lipinski definition) is 2. The molecule has 2 aromatic rings. The average Bonchev–Trinajstić information content (AvgIpc) is 2.53. The topological polar surface area (TPSA) is 29.1 Å². The third-order valence-electron chi connectivity index (χ3n) is 4.71. The van der Waals surface area contributed by atoms with Crippen molar-refractivity contribution in [3.63, 3.8) is 0 Å². The molecule has 1 aliphatic heterocycles. The van der Waals surface area contributed by atoms with Crippen LogP contribution in [0, 0.1) is 0 Å². The molecule has 0 radical (unpaired) electrons. The Morgan fingerprint density at radius 1 is 1.08 bits per heavy atom. The quantitative estimate of drug-likeness (QED) is 0.609. The van der Waals surface area contributed by atoms with Crippen LogP contribution >= 0.6 is 0 Å². The molecule has 0 unspecified atom stereocenters. The van der Waals surface area contributed by atoms with Crippen molar-refractivity contribution in [2.75, 3.05) is 0 Å². The normalized spacial score (nSPS) is 17.7. The Morgan fingerprint density at radius 2 is 1.76 bits per heavy atom. The molecule has 25 heavy (non-hydrogen) atoms. The zero-order valence-corrected chi connectivity index (χ0v) is 15.8. The monoisotopic (exact) mass is 333 g/mol. The van der Waals surface area contributed by atoms with Crippen LogP contribution in [0.4, 0.5) is 0 Å². The standard InChI is InChI=1S/C23H27NO/c1-22(2,3)18-12-11-17-15-23(4,5)24-20(19(17)13-18)14-21(25)16-9-7-6-8-10-16/h6-14,24H,15H2,1-5H3. The maximum atomic E-state index is 12.7. The van der Waals surface area contributed by atoms with E-state index < -0.39 is 0 Å². The van der Waals surface area contributed by atoms with Crippen LogP contribution in [0.15, 0.2) is 54.6 Å². The third kappa shape index (κ3) is 3.84. The predicted octanol–water partition coefficient (Wildman–Crippen LogP) is 5.13. The van der Waals surface area contributed by atoms with Gasteiger partial charge in [-0.3, -0.25) is 4.79 Å². The minimum atomic E-state index is -0.0704. The van der Waals surface area contributed by atoms with Gasteiger partial charge in [-0.05, 0) is 42.9 Å². The van der Waals surface area contributed by atoms with E-state index in [4.69, 9.17) is 0 Å². The van der Waals surface area contributed by atoms with E-state index in [0.717, 1.165) is 17.7 Å². The molecule has 2 aromatic carbocycles. The minimum Gasteiger partial charge on any atom is -0.379 e. The van der Waals surface area contributed by atoms with Crippen LogP contribution in [0.25, 0.3) is 5.70 Å². The summed E-state index contributed by atoms with van der Waals surface area (Å²) in [6.07, 6.45) is 2.70. The number of hydrogen-bond donors (Lipinski definition) is 1. The summed E-state index contributed by atoms with van der Waals surface area (Å²) in [5, 5.41) is 3.57. The second-order valence-corrected chi connectivity index (χ2v) is 8.60. The van der Waals surface area contributed by atoms with Gasteiger partial charge < -0.3 is 5.32 Å². The molecule has 0 aliphatic carbocycles. The van der Waals surface area contributed by atoms with Gasteiger partial charge in [-0.1, -0.05) is 63.2 Å². The summed E-state index contributed by atoms with van der Waals surface area (Å²) in [6, 6.07) is 16.1. The fraction of sp³-hybridized carbons (Fsp3) is 0.348. The second kappa shape index (κ2) is 6.18. The van der Waals surface area contributed by atoms with E-state index >= 15 is 0 Å². The molecule has 0 amide bonds. The van der Waals surface area contributed by atoms with E-state index in [1.807, 2.05) is 30.3 Å². The Labute approximate surface area is 151 Å². The molecule has 0 aromatic heterocycles. The first-order valence-corrected chi connectivity index (χ1v) is 8.89. The lowest BCUT2D eigenvalue weighted by atomic mass is 9.80. The van der Waals surface area contributed by atoms with Crippen molar-refractivity contribution in [2.24, 2.45) is 0 Å². The molecule has 0 fully saturated rings. The molecule has 2 heteroatoms. The first-order valence-electron chi connectivity index (χ1n) is 8.89. The highest BCUT2D eigenvalue weighted by atomic mass is 16.1. The molecule has 0 bridgehead atoms. The van der Waals surface area contributed by atoms with Crippen LogP contribution in [0.3, 0.4) is 0 Å². The lowest BCUT2D eigenvalue weighted by Crippen LogP contribution is -2.44. The molecular formula is C23H27NO. The molecule has 0 atom stereocenters. The van der Waals surface area contributed by atoms with Crippen molar-refractivity contribution in [1.29, 1.82) is 0 Å². The van der Waals surface area contributed by atoms with Crippen molar-refractivity contribution in [3.8, 4) is 0 Å². The summed E-state index contributed by atoms with van der Waals surface area (Å²) in [5.74, 6) is 0.0351. The molecule has 0 saturated carbocycles. The number of carbonyl (C=O) groups is 1. The van der Waals surface area contributed by atoms with Crippen LogP contribution in [0.2, 0.25) is 0 Å². The van der Waals surface area contributed by atoms with Crippen LogP contribution in [0.5, 0.6) is 0 Å². The largest absolute Gasteiger partial charge is 0.379 e. The molecule has 130 valence electrons. The molecule has 1 heterocycles. The molecule has 2 nitrogen and oxygen atoms in total. The lowest BCUT2D eigenvalue weighted by molar-refractivity contribution is 0.104. The summed E-state index contributed by atoms with van der Waals surface area (Å²) in [7, 11) is 0. The highest BCUT2D eigenvalue weighted by Crippen LogP contribution is 2.33. The smallest absolute Gasteiger partial charge is 0.187 e. The maximum absolute atomic E-state index is 12.7. The van der Waals surface area contributed by atoms with Crippen LogP contribution in [-0.4, -0.2) is 11.3 Å². The van der Waals surface area contributed by atoms with E-state index in [1.54, 1.807) is 6.08 Å². The SMILES string of the molecule is CC1(C)Cc2ccc(C(C)(C)C)cc2C(=CC(=O)c2ccccc2)N1. The number of nitrogens with one attached hydrogen (secondary N) is 1. The van der Waals surface area contributed by atoms with Crippen molar-refractivity contribution >= 4 is 11.5 Å². The van der Waals surface area contributed by atoms with E-state index in [9.17, 15) is 4.79 Å². The summed E-state index contributed by atoms with van der Waals surface area (Å²) < 4.78 is 0. The highest BCUT2D eigenvalue weighted by molar-refractivity contribution is 6.08. The second-order valence-electron chi connectivity index (χ2n) is 8.60. The number of fused-ring (bicyclic) bond motifs is 1. The first kappa shape index (κ1) is 17.5. The zero-order valence-electron chi connectivity index (χ0n) is 15.8. The number of ketones is 1. The first-order chi connectivity index (χ1) is 11.7. The van der Waals surface area contributed by atoms with Crippen molar-refractivity contribution in [3.05, 3.63) is 76.9 Å². The van der Waals surface area contributed by atoms with Gasteiger partial charge in [-0.15, -0.1) is 0 Å². The summed E-state index contributed by atoms with van der Waals surface area (Å²) in [4.78, 5) is 12.7. The summed E-state index contributed by atoms with van der Waals surface area (Å²) >= 11 is 0. The molecule has 1 N–H and O–H groups in total. The Kier molecular flexibility index (Phi) is 4.32. The number of carbonyl (C=O) groups excluding carboxylic acids is 1. The van der Waals surface area contributed by atoms with Gasteiger partial charge in [0.25, 0.3) is 0 Å². The molecule has 1 aliphatic rings. The molecular weight excluding hydrogens is 306 g/mol. The number of rotatable bonds is 2. The Balaban J connectivity index is 2.08. The van der Waals surface area contributed by atoms with Crippen molar-refractivity contribution in [1.82, 2.24) is 5.32 Å². The highest BCUT2D eigenvalue weighted by Gasteiger charge is 2.29. The van der Waals surface area contributed by atoms with Crippen LogP contribution in [0.1, 0.15) is 61.7 Å². The molecule has 0 spiro atoms. The van der Waals surface area contributed by atoms with Gasteiger partial charge in [-0.25, -0.2) is 0 Å². The Bertz CT molecular complexity index is 823. The number of allylic oxidation sites excluding steroid dienone is 1. The van der Waals surface area contributed by atoms with Gasteiger partial charge >= 0.3 is 0 Å². The maximum Gasteiger partial charge on any atom is 0.187 e. The van der Waals surface area contributed by atoms with Gasteiger partial charge in [0.2, 0.25) is 0 Å². The van der Waals surface area contributed by atoms with Gasteiger partial charge in [0.15, 0.2) is 5.78 Å². The van der Waals surface area contributed by atoms with Crippen molar-refractivity contribution < 1.29 is 4.79 Å². The molecule has 3 rings (SSSR count). The fourth-order valence-electron chi connectivity index (χ4n) is 3.33. The van der Waals surface area contributed by atoms with Gasteiger partial charge in [-0.2, -0.15) is 0 Å². The number of benzene rings is 2. The summed E-state index contributed by atoms with van der Waals surface area (Å²) in [6.45, 7) is 11.0. The van der Waals surface area contributed by atoms with E-state index in [2.05, 4.69) is 58.1 Å². The van der Waals surface area contributed by atoms with Crippen molar-refractivity contribution in [2.45, 2.75) is 52.0 Å². The van der Waals surface area contributed by atoms with E-state index in [1.165, 1.54) is 11.1 Å². The van der Waals surface area contributed by atoms with Crippen LogP contribution in [-0.2, 0) is 11.8 Å². The predicted molar refractivity (Wildman–Crippen MR) is 105 cm³/mol. The van der Waals surface area contributed by atoms with E-state index in [0.29, 0.717) is 5.56 Å². The van der Waals surface area contributed by atoms with E-state index in [-0.39, 0.29) is 16.7 Å². The minimum absolute atomic E-state index is 0.0351. The van der Waals surface area contributed by atoms with Crippen LogP contribution < -0.4 is 5.32 Å². The summed E-state index contributed by atoms with van der Waals surface area (Å²) in [5.41, 5.74) is 5.38. The zero-order chi connectivity index (χ0) is 18.2. The average molecular weight is 333 g/mol.